The first-order valence-electron chi connectivity index (χ1n) is 9.60. The van der Waals surface area contributed by atoms with Crippen molar-refractivity contribution in [3.8, 4) is 0 Å². The van der Waals surface area contributed by atoms with Gasteiger partial charge in [0.05, 0.1) is 23.9 Å². The van der Waals surface area contributed by atoms with Crippen LogP contribution < -0.4 is 0 Å². The Morgan fingerprint density at radius 3 is 2.26 bits per heavy atom. The summed E-state index contributed by atoms with van der Waals surface area (Å²) >= 11 is 0. The molecule has 2 rings (SSSR count). The molecule has 6 heteroatoms. The average molecular weight is 393 g/mol. The van der Waals surface area contributed by atoms with Crippen LogP contribution in [0.2, 0.25) is 0 Å². The normalized spacial score (nSPS) is 17.0. The summed E-state index contributed by atoms with van der Waals surface area (Å²) in [4.78, 5) is 5.11. The van der Waals surface area contributed by atoms with Gasteiger partial charge in [-0.1, -0.05) is 31.2 Å². The van der Waals surface area contributed by atoms with Crippen LogP contribution in [0.25, 0.3) is 0 Å². The highest BCUT2D eigenvalue weighted by Gasteiger charge is 2.25. The van der Waals surface area contributed by atoms with Crippen LogP contribution in [-0.2, 0) is 14.6 Å². The van der Waals surface area contributed by atoms with Crippen LogP contribution in [0.5, 0.6) is 0 Å². The summed E-state index contributed by atoms with van der Waals surface area (Å²) in [5, 5.41) is 0. The molecule has 27 heavy (non-hydrogen) atoms. The molecule has 0 aromatic heterocycles. The van der Waals surface area contributed by atoms with Crippen molar-refractivity contribution in [2.24, 2.45) is 0 Å². The van der Waals surface area contributed by atoms with Crippen molar-refractivity contribution in [1.29, 1.82) is 0 Å². The lowest BCUT2D eigenvalue weighted by molar-refractivity contribution is 0.00907. The smallest absolute Gasteiger partial charge is 0.178 e. The van der Waals surface area contributed by atoms with Gasteiger partial charge >= 0.3 is 0 Å². The van der Waals surface area contributed by atoms with Crippen LogP contribution in [0.4, 0.5) is 0 Å². The number of nitrogens with zero attached hydrogens (tertiary/aromatic N) is 2. The molecule has 0 amide bonds. The molecule has 0 aliphatic carbocycles. The van der Waals surface area contributed by atoms with Crippen LogP contribution >= 0.6 is 0 Å². The summed E-state index contributed by atoms with van der Waals surface area (Å²) in [6.07, 6.45) is 4.43. The van der Waals surface area contributed by atoms with E-state index in [-0.39, 0.29) is 11.8 Å². The number of morpholine rings is 1. The number of rotatable bonds is 11. The van der Waals surface area contributed by atoms with E-state index in [4.69, 9.17) is 4.74 Å². The van der Waals surface area contributed by atoms with E-state index in [1.807, 2.05) is 31.2 Å². The fourth-order valence-corrected chi connectivity index (χ4v) is 4.76. The maximum Gasteiger partial charge on any atom is 0.178 e. The molecule has 1 aliphatic heterocycles. The van der Waals surface area contributed by atoms with Gasteiger partial charge < -0.3 is 4.74 Å². The van der Waals surface area contributed by atoms with Crippen LogP contribution in [0, 0.1) is 0 Å². The highest BCUT2D eigenvalue weighted by atomic mass is 32.2. The fraction of sp³-hybridized carbons (Fsp3) is 0.524. The Balaban J connectivity index is 2.26. The number of benzene rings is 1. The minimum Gasteiger partial charge on any atom is -0.379 e. The van der Waals surface area contributed by atoms with E-state index in [0.717, 1.165) is 51.5 Å². The molecule has 1 heterocycles. The Kier molecular flexibility index (Phi) is 8.70. The first-order chi connectivity index (χ1) is 13.0. The Labute approximate surface area is 164 Å². The van der Waals surface area contributed by atoms with Gasteiger partial charge in [-0.25, -0.2) is 8.42 Å². The predicted molar refractivity (Wildman–Crippen MR) is 111 cm³/mol. The lowest BCUT2D eigenvalue weighted by Gasteiger charge is -2.37. The number of hydrogen-bond donors (Lipinski definition) is 0. The third kappa shape index (κ3) is 6.28. The summed E-state index contributed by atoms with van der Waals surface area (Å²) in [5.41, 5.74) is 1.13. The van der Waals surface area contributed by atoms with E-state index in [1.54, 1.807) is 12.1 Å². The Bertz CT molecular complexity index is 685. The standard InChI is InChI=1S/C21H32N2O3S/c1-4-11-22(12-5-2)18-21(23-13-15-26-16-14-23)19-7-9-20(10-8-19)27(24,25)17-6-3/h4-5,7-10,21H,1-2,6,11-18H2,3H3. The molecule has 0 spiro atoms. The van der Waals surface area contributed by atoms with Crippen molar-refractivity contribution in [3.63, 3.8) is 0 Å². The van der Waals surface area contributed by atoms with Gasteiger partial charge in [0.1, 0.15) is 0 Å². The maximum absolute atomic E-state index is 12.3. The van der Waals surface area contributed by atoms with Gasteiger partial charge in [-0.3, -0.25) is 9.80 Å². The molecular weight excluding hydrogens is 360 g/mol. The molecule has 1 fully saturated rings. The molecule has 0 radical (unpaired) electrons. The van der Waals surface area contributed by atoms with Gasteiger partial charge in [0, 0.05) is 38.8 Å². The monoisotopic (exact) mass is 392 g/mol. The lowest BCUT2D eigenvalue weighted by Crippen LogP contribution is -2.44. The molecular formula is C21H32N2O3S. The first kappa shape index (κ1) is 21.8. The van der Waals surface area contributed by atoms with E-state index in [9.17, 15) is 8.42 Å². The van der Waals surface area contributed by atoms with Gasteiger partial charge in [-0.05, 0) is 24.1 Å². The zero-order valence-corrected chi connectivity index (χ0v) is 17.2. The molecule has 150 valence electrons. The minimum absolute atomic E-state index is 0.178. The Morgan fingerprint density at radius 2 is 1.74 bits per heavy atom. The SMILES string of the molecule is C=CCN(CC=C)CC(c1ccc(S(=O)(=O)CCC)cc1)N1CCOCC1. The number of sulfone groups is 1. The highest BCUT2D eigenvalue weighted by Crippen LogP contribution is 2.25. The summed E-state index contributed by atoms with van der Waals surface area (Å²) < 4.78 is 30.1. The van der Waals surface area contributed by atoms with Crippen molar-refractivity contribution in [2.45, 2.75) is 24.3 Å². The molecule has 1 aliphatic rings. The summed E-state index contributed by atoms with van der Waals surface area (Å²) in [7, 11) is -3.19. The molecule has 1 saturated heterocycles. The largest absolute Gasteiger partial charge is 0.379 e. The summed E-state index contributed by atoms with van der Waals surface area (Å²) in [6, 6.07) is 7.60. The number of hydrogen-bond acceptors (Lipinski definition) is 5. The first-order valence-corrected chi connectivity index (χ1v) is 11.3. The second kappa shape index (κ2) is 10.8. The number of ether oxygens (including phenoxy) is 1. The fourth-order valence-electron chi connectivity index (χ4n) is 3.44. The molecule has 5 nitrogen and oxygen atoms in total. The van der Waals surface area contributed by atoms with Crippen molar-refractivity contribution in [1.82, 2.24) is 9.80 Å². The van der Waals surface area contributed by atoms with Gasteiger partial charge in [-0.2, -0.15) is 0 Å². The van der Waals surface area contributed by atoms with E-state index in [0.29, 0.717) is 11.3 Å². The second-order valence-electron chi connectivity index (χ2n) is 6.85. The molecule has 1 aromatic carbocycles. The van der Waals surface area contributed by atoms with Crippen molar-refractivity contribution < 1.29 is 13.2 Å². The third-order valence-electron chi connectivity index (χ3n) is 4.79. The van der Waals surface area contributed by atoms with E-state index in [2.05, 4.69) is 23.0 Å². The summed E-state index contributed by atoms with van der Waals surface area (Å²) in [6.45, 7) is 15.2. The lowest BCUT2D eigenvalue weighted by atomic mass is 10.0. The van der Waals surface area contributed by atoms with Crippen molar-refractivity contribution in [3.05, 3.63) is 55.1 Å². The van der Waals surface area contributed by atoms with Gasteiger partial charge in [0.25, 0.3) is 0 Å². The second-order valence-corrected chi connectivity index (χ2v) is 8.96. The molecule has 1 aromatic rings. The highest BCUT2D eigenvalue weighted by molar-refractivity contribution is 7.91. The van der Waals surface area contributed by atoms with Gasteiger partial charge in [-0.15, -0.1) is 13.2 Å². The average Bonchev–Trinajstić information content (AvgIpc) is 2.67. The van der Waals surface area contributed by atoms with Crippen LogP contribution in [0.15, 0.2) is 54.5 Å². The van der Waals surface area contributed by atoms with Gasteiger partial charge in [0.15, 0.2) is 9.84 Å². The third-order valence-corrected chi connectivity index (χ3v) is 6.73. The maximum atomic E-state index is 12.3. The Morgan fingerprint density at radius 1 is 1.15 bits per heavy atom. The molecule has 1 unspecified atom stereocenters. The van der Waals surface area contributed by atoms with Crippen LogP contribution in [0.3, 0.4) is 0 Å². The van der Waals surface area contributed by atoms with E-state index < -0.39 is 9.84 Å². The molecule has 0 bridgehead atoms. The quantitative estimate of drug-likeness (QED) is 0.542. The van der Waals surface area contributed by atoms with E-state index >= 15 is 0 Å². The van der Waals surface area contributed by atoms with Crippen LogP contribution in [-0.4, -0.2) is 69.9 Å². The molecule has 1 atom stereocenters. The van der Waals surface area contributed by atoms with E-state index in [1.165, 1.54) is 0 Å². The van der Waals surface area contributed by atoms with Gasteiger partial charge in [0.2, 0.25) is 0 Å². The van der Waals surface area contributed by atoms with Crippen molar-refractivity contribution in [2.75, 3.05) is 51.7 Å². The Hall–Kier alpha value is -1.47. The van der Waals surface area contributed by atoms with Crippen molar-refractivity contribution >= 4 is 9.84 Å². The predicted octanol–water partition coefficient (Wildman–Crippen LogP) is 2.92. The van der Waals surface area contributed by atoms with Crippen LogP contribution in [0.1, 0.15) is 24.9 Å². The zero-order valence-electron chi connectivity index (χ0n) is 16.3. The zero-order chi connectivity index (χ0) is 19.7. The molecule has 0 saturated carbocycles. The topological polar surface area (TPSA) is 49.9 Å². The minimum atomic E-state index is -3.19. The molecule has 0 N–H and O–H groups in total. The summed E-state index contributed by atoms with van der Waals surface area (Å²) in [5.74, 6) is 0.186.